The summed E-state index contributed by atoms with van der Waals surface area (Å²) >= 11 is 0. The molecule has 4 rings (SSSR count). The largest absolute Gasteiger partial charge is 0.497 e. The molecule has 1 fully saturated rings. The van der Waals surface area contributed by atoms with E-state index in [1.165, 1.54) is 0 Å². The Morgan fingerprint density at radius 2 is 1.93 bits per heavy atom. The number of hydrogen-bond donors (Lipinski definition) is 0. The molecule has 0 N–H and O–H groups in total. The molecule has 0 radical (unpaired) electrons. The highest BCUT2D eigenvalue weighted by molar-refractivity contribution is 5.76. The van der Waals surface area contributed by atoms with E-state index >= 15 is 0 Å². The second kappa shape index (κ2) is 8.69. The number of ether oxygens (including phenoxy) is 1. The number of piperazine rings is 1. The Labute approximate surface area is 176 Å². The highest BCUT2D eigenvalue weighted by Gasteiger charge is 2.23. The summed E-state index contributed by atoms with van der Waals surface area (Å²) in [6, 6.07) is 9.98. The van der Waals surface area contributed by atoms with Crippen LogP contribution < -0.4 is 9.64 Å². The Morgan fingerprint density at radius 1 is 1.13 bits per heavy atom. The van der Waals surface area contributed by atoms with Crippen LogP contribution in [-0.2, 0) is 17.6 Å². The molecule has 8 heteroatoms. The van der Waals surface area contributed by atoms with Crippen molar-refractivity contribution in [2.75, 3.05) is 38.2 Å². The smallest absolute Gasteiger partial charge is 0.257 e. The van der Waals surface area contributed by atoms with E-state index in [4.69, 9.17) is 9.72 Å². The molecule has 1 saturated heterocycles. The second-order valence-corrected chi connectivity index (χ2v) is 7.58. The summed E-state index contributed by atoms with van der Waals surface area (Å²) < 4.78 is 7.26. The van der Waals surface area contributed by atoms with Crippen LogP contribution in [0.5, 0.6) is 5.75 Å². The fourth-order valence-electron chi connectivity index (χ4n) is 3.94. The number of nitrogens with zero attached hydrogens (tertiary/aromatic N) is 6. The van der Waals surface area contributed by atoms with Gasteiger partial charge in [0.1, 0.15) is 17.4 Å². The highest BCUT2D eigenvalue weighted by Crippen LogP contribution is 2.19. The molecule has 3 aromatic rings. The summed E-state index contributed by atoms with van der Waals surface area (Å²) in [4.78, 5) is 21.5. The number of benzene rings is 1. The molecule has 0 saturated carbocycles. The zero-order valence-corrected chi connectivity index (χ0v) is 17.8. The van der Waals surface area contributed by atoms with Crippen molar-refractivity contribution in [2.24, 2.45) is 0 Å². The number of amides is 1. The molecule has 8 nitrogen and oxygen atoms in total. The summed E-state index contributed by atoms with van der Waals surface area (Å²) in [5.74, 6) is 3.49. The van der Waals surface area contributed by atoms with E-state index in [0.29, 0.717) is 25.3 Å². The van der Waals surface area contributed by atoms with Crippen molar-refractivity contribution in [3.8, 4) is 5.75 Å². The molecule has 30 heavy (non-hydrogen) atoms. The zero-order valence-electron chi connectivity index (χ0n) is 17.8. The summed E-state index contributed by atoms with van der Waals surface area (Å²) in [6.45, 7) is 7.06. The average Bonchev–Trinajstić information content (AvgIpc) is 3.21. The standard InChI is InChI=1S/C22H28N6O2/c1-4-19-24-25-22-23-20(14-16(2)28(19)22)26-10-12-27(13-11-26)21(29)9-8-17-6-5-7-18(15-17)30-3/h5-7,14-15H,4,8-13H2,1-3H3. The van der Waals surface area contributed by atoms with Crippen LogP contribution in [0.2, 0.25) is 0 Å². The molecular weight excluding hydrogens is 380 g/mol. The van der Waals surface area contributed by atoms with Crippen LogP contribution in [-0.4, -0.2) is 63.7 Å². The number of methoxy groups -OCH3 is 1. The quantitative estimate of drug-likeness (QED) is 0.623. The van der Waals surface area contributed by atoms with Crippen molar-refractivity contribution in [2.45, 2.75) is 33.1 Å². The van der Waals surface area contributed by atoms with E-state index in [9.17, 15) is 4.79 Å². The van der Waals surface area contributed by atoms with Gasteiger partial charge in [-0.2, -0.15) is 4.98 Å². The van der Waals surface area contributed by atoms with Gasteiger partial charge in [-0.05, 0) is 31.0 Å². The summed E-state index contributed by atoms with van der Waals surface area (Å²) in [7, 11) is 1.66. The zero-order chi connectivity index (χ0) is 21.1. The number of carbonyl (C=O) groups is 1. The minimum atomic E-state index is 0.196. The lowest BCUT2D eigenvalue weighted by Crippen LogP contribution is -2.49. The lowest BCUT2D eigenvalue weighted by atomic mass is 10.1. The second-order valence-electron chi connectivity index (χ2n) is 7.58. The molecule has 3 heterocycles. The van der Waals surface area contributed by atoms with Crippen LogP contribution in [0.25, 0.3) is 5.78 Å². The van der Waals surface area contributed by atoms with Gasteiger partial charge in [0.2, 0.25) is 5.91 Å². The SMILES string of the molecule is CCc1nnc2nc(N3CCN(C(=O)CCc4cccc(OC)c4)CC3)cc(C)n12. The van der Waals surface area contributed by atoms with Crippen LogP contribution in [0.4, 0.5) is 5.82 Å². The van der Waals surface area contributed by atoms with Gasteiger partial charge in [-0.1, -0.05) is 19.1 Å². The van der Waals surface area contributed by atoms with Crippen molar-refractivity contribution in [1.29, 1.82) is 0 Å². The molecule has 0 bridgehead atoms. The van der Waals surface area contributed by atoms with Gasteiger partial charge in [-0.15, -0.1) is 10.2 Å². The van der Waals surface area contributed by atoms with Gasteiger partial charge in [0.15, 0.2) is 0 Å². The van der Waals surface area contributed by atoms with Crippen LogP contribution >= 0.6 is 0 Å². The number of aryl methyl sites for hydroxylation is 3. The number of fused-ring (bicyclic) bond motifs is 1. The van der Waals surface area contributed by atoms with Gasteiger partial charge < -0.3 is 14.5 Å². The molecule has 1 aliphatic heterocycles. The normalized spacial score (nSPS) is 14.4. The van der Waals surface area contributed by atoms with Gasteiger partial charge >= 0.3 is 0 Å². The third-order valence-electron chi connectivity index (χ3n) is 5.65. The lowest BCUT2D eigenvalue weighted by Gasteiger charge is -2.35. The summed E-state index contributed by atoms with van der Waals surface area (Å²) in [5, 5.41) is 8.44. The maximum absolute atomic E-state index is 12.7. The van der Waals surface area contributed by atoms with Gasteiger partial charge in [0.05, 0.1) is 7.11 Å². The van der Waals surface area contributed by atoms with E-state index < -0.39 is 0 Å². The molecular formula is C22H28N6O2. The first-order chi connectivity index (χ1) is 14.6. The first kappa shape index (κ1) is 20.1. The fourth-order valence-corrected chi connectivity index (χ4v) is 3.94. The number of carbonyl (C=O) groups excluding carboxylic acids is 1. The predicted octanol–water partition coefficient (Wildman–Crippen LogP) is 2.29. The van der Waals surface area contributed by atoms with E-state index in [2.05, 4.69) is 35.0 Å². The number of hydrogen-bond acceptors (Lipinski definition) is 6. The summed E-state index contributed by atoms with van der Waals surface area (Å²) in [6.07, 6.45) is 2.05. The topological polar surface area (TPSA) is 75.9 Å². The van der Waals surface area contributed by atoms with E-state index in [1.807, 2.05) is 33.6 Å². The maximum Gasteiger partial charge on any atom is 0.257 e. The molecule has 0 atom stereocenters. The molecule has 1 amide bonds. The first-order valence-electron chi connectivity index (χ1n) is 10.5. The van der Waals surface area contributed by atoms with Crippen molar-refractivity contribution < 1.29 is 9.53 Å². The van der Waals surface area contributed by atoms with Crippen molar-refractivity contribution in [3.63, 3.8) is 0 Å². The minimum Gasteiger partial charge on any atom is -0.497 e. The van der Waals surface area contributed by atoms with Gasteiger partial charge in [0, 0.05) is 50.8 Å². The molecule has 1 aromatic carbocycles. The van der Waals surface area contributed by atoms with Gasteiger partial charge in [-0.25, -0.2) is 0 Å². The fraction of sp³-hybridized carbons (Fsp3) is 0.455. The Bertz CT molecular complexity index is 1040. The highest BCUT2D eigenvalue weighted by atomic mass is 16.5. The van der Waals surface area contributed by atoms with E-state index in [-0.39, 0.29) is 5.91 Å². The first-order valence-corrected chi connectivity index (χ1v) is 10.5. The van der Waals surface area contributed by atoms with Crippen LogP contribution in [0, 0.1) is 6.92 Å². The van der Waals surface area contributed by atoms with Crippen LogP contribution in [0.3, 0.4) is 0 Å². The number of rotatable bonds is 6. The molecule has 1 aliphatic rings. The van der Waals surface area contributed by atoms with Crippen LogP contribution in [0.15, 0.2) is 30.3 Å². The number of anilines is 1. The van der Waals surface area contributed by atoms with E-state index in [1.54, 1.807) is 7.11 Å². The summed E-state index contributed by atoms with van der Waals surface area (Å²) in [5.41, 5.74) is 2.20. The van der Waals surface area contributed by atoms with Crippen LogP contribution in [0.1, 0.15) is 30.4 Å². The molecule has 2 aromatic heterocycles. The minimum absolute atomic E-state index is 0.196. The third-order valence-corrected chi connectivity index (χ3v) is 5.65. The molecule has 0 unspecified atom stereocenters. The van der Waals surface area contributed by atoms with E-state index in [0.717, 1.165) is 54.6 Å². The molecule has 0 aliphatic carbocycles. The average molecular weight is 409 g/mol. The monoisotopic (exact) mass is 408 g/mol. The van der Waals surface area contributed by atoms with Crippen molar-refractivity contribution in [1.82, 2.24) is 24.5 Å². The Kier molecular flexibility index (Phi) is 5.83. The van der Waals surface area contributed by atoms with Gasteiger partial charge in [0.25, 0.3) is 5.78 Å². The predicted molar refractivity (Wildman–Crippen MR) is 115 cm³/mol. The number of aromatic nitrogens is 4. The Balaban J connectivity index is 1.35. The van der Waals surface area contributed by atoms with Crippen molar-refractivity contribution in [3.05, 3.63) is 47.4 Å². The third kappa shape index (κ3) is 4.08. The van der Waals surface area contributed by atoms with Gasteiger partial charge in [-0.3, -0.25) is 9.20 Å². The lowest BCUT2D eigenvalue weighted by molar-refractivity contribution is -0.131. The maximum atomic E-state index is 12.7. The Morgan fingerprint density at radius 3 is 2.67 bits per heavy atom. The Hall–Kier alpha value is -3.16. The molecule has 158 valence electrons. The molecule has 0 spiro atoms. The van der Waals surface area contributed by atoms with Crippen molar-refractivity contribution >= 4 is 17.5 Å².